The third-order valence-corrected chi connectivity index (χ3v) is 6.21. The summed E-state index contributed by atoms with van der Waals surface area (Å²) in [5.74, 6) is 0. The van der Waals surface area contributed by atoms with Crippen molar-refractivity contribution in [2.24, 2.45) is 0 Å². The lowest BCUT2D eigenvalue weighted by Crippen LogP contribution is -2.25. The molecule has 0 unspecified atom stereocenters. The van der Waals surface area contributed by atoms with Gasteiger partial charge in [0.15, 0.2) is 0 Å². The van der Waals surface area contributed by atoms with Gasteiger partial charge in [0.2, 0.25) is 0 Å². The van der Waals surface area contributed by atoms with Crippen molar-refractivity contribution in [3.63, 3.8) is 0 Å². The maximum Gasteiger partial charge on any atom is 0.269 e. The van der Waals surface area contributed by atoms with Crippen molar-refractivity contribution in [3.8, 4) is 0 Å². The quantitative estimate of drug-likeness (QED) is 0.111. The first-order valence-corrected chi connectivity index (χ1v) is 13.1. The van der Waals surface area contributed by atoms with Gasteiger partial charge in [0.25, 0.3) is 5.69 Å². The molecule has 0 amide bonds. The van der Waals surface area contributed by atoms with Gasteiger partial charge in [0, 0.05) is 18.7 Å². The molecule has 0 saturated carbocycles. The first kappa shape index (κ1) is 27.6. The number of nitro benzene ring substituents is 1. The van der Waals surface area contributed by atoms with E-state index in [1.54, 1.807) is 12.1 Å². The highest BCUT2D eigenvalue weighted by Gasteiger charge is 2.09. The maximum atomic E-state index is 10.9. The van der Waals surface area contributed by atoms with Crippen molar-refractivity contribution >= 4 is 5.69 Å². The molecule has 1 aromatic carbocycles. The average molecular weight is 433 g/mol. The van der Waals surface area contributed by atoms with Crippen molar-refractivity contribution in [1.82, 2.24) is 4.90 Å². The number of rotatable bonds is 21. The number of benzene rings is 1. The van der Waals surface area contributed by atoms with Crippen LogP contribution in [0.25, 0.3) is 0 Å². The SMILES string of the molecule is CCCCCCCCCCN(CCCCCCCCCC)Cc1ccc([N+](=O)[O-])cc1. The highest BCUT2D eigenvalue weighted by molar-refractivity contribution is 5.32. The number of unbranched alkanes of at least 4 members (excludes halogenated alkanes) is 14. The summed E-state index contributed by atoms with van der Waals surface area (Å²) in [6, 6.07) is 7.12. The van der Waals surface area contributed by atoms with E-state index in [9.17, 15) is 10.1 Å². The zero-order chi connectivity index (χ0) is 22.6. The third-order valence-electron chi connectivity index (χ3n) is 6.21. The van der Waals surface area contributed by atoms with E-state index in [4.69, 9.17) is 0 Å². The number of nitrogens with zero attached hydrogens (tertiary/aromatic N) is 2. The fourth-order valence-corrected chi connectivity index (χ4v) is 4.19. The summed E-state index contributed by atoms with van der Waals surface area (Å²) in [4.78, 5) is 13.1. The molecular weight excluding hydrogens is 384 g/mol. The van der Waals surface area contributed by atoms with Crippen molar-refractivity contribution in [2.75, 3.05) is 13.1 Å². The molecule has 0 aliphatic rings. The van der Waals surface area contributed by atoms with Gasteiger partial charge in [-0.25, -0.2) is 0 Å². The molecule has 0 aromatic heterocycles. The molecule has 0 aliphatic heterocycles. The van der Waals surface area contributed by atoms with E-state index in [-0.39, 0.29) is 10.6 Å². The zero-order valence-corrected chi connectivity index (χ0v) is 20.5. The van der Waals surface area contributed by atoms with Crippen LogP contribution in [0.3, 0.4) is 0 Å². The number of nitro groups is 1. The van der Waals surface area contributed by atoms with Crippen LogP contribution >= 0.6 is 0 Å². The largest absolute Gasteiger partial charge is 0.299 e. The molecule has 0 bridgehead atoms. The minimum Gasteiger partial charge on any atom is -0.299 e. The van der Waals surface area contributed by atoms with Gasteiger partial charge in [-0.15, -0.1) is 0 Å². The summed E-state index contributed by atoms with van der Waals surface area (Å²) >= 11 is 0. The molecular formula is C27H48N2O2. The first-order valence-electron chi connectivity index (χ1n) is 13.1. The van der Waals surface area contributed by atoms with Crippen LogP contribution in [-0.4, -0.2) is 22.9 Å². The smallest absolute Gasteiger partial charge is 0.269 e. The van der Waals surface area contributed by atoms with E-state index in [1.807, 2.05) is 12.1 Å². The second-order valence-corrected chi connectivity index (χ2v) is 9.15. The van der Waals surface area contributed by atoms with E-state index in [2.05, 4.69) is 18.7 Å². The fraction of sp³-hybridized carbons (Fsp3) is 0.778. The summed E-state index contributed by atoms with van der Waals surface area (Å²) in [6.45, 7) is 7.73. The predicted molar refractivity (Wildman–Crippen MR) is 134 cm³/mol. The van der Waals surface area contributed by atoms with Gasteiger partial charge < -0.3 is 0 Å². The topological polar surface area (TPSA) is 46.4 Å². The van der Waals surface area contributed by atoms with Crippen LogP contribution in [0.4, 0.5) is 5.69 Å². The van der Waals surface area contributed by atoms with Crippen molar-refractivity contribution in [3.05, 3.63) is 39.9 Å². The maximum absolute atomic E-state index is 10.9. The van der Waals surface area contributed by atoms with E-state index in [1.165, 1.54) is 108 Å². The van der Waals surface area contributed by atoms with Crippen molar-refractivity contribution in [1.29, 1.82) is 0 Å². The molecule has 178 valence electrons. The molecule has 0 fully saturated rings. The summed E-state index contributed by atoms with van der Waals surface area (Å²) in [7, 11) is 0. The number of non-ortho nitro benzene ring substituents is 1. The number of hydrogen-bond acceptors (Lipinski definition) is 3. The van der Waals surface area contributed by atoms with Crippen LogP contribution in [0, 0.1) is 10.1 Å². The monoisotopic (exact) mass is 432 g/mol. The standard InChI is InChI=1S/C27H48N2O2/c1-3-5-7-9-11-13-15-17-23-28(24-18-16-14-12-10-8-6-4-2)25-26-19-21-27(22-20-26)29(30)31/h19-22H,3-18,23-25H2,1-2H3. The Balaban J connectivity index is 2.34. The Morgan fingerprint density at radius 3 is 1.42 bits per heavy atom. The Bertz CT molecular complexity index is 525. The second-order valence-electron chi connectivity index (χ2n) is 9.15. The van der Waals surface area contributed by atoms with Crippen molar-refractivity contribution < 1.29 is 4.92 Å². The Morgan fingerprint density at radius 1 is 0.645 bits per heavy atom. The molecule has 0 spiro atoms. The van der Waals surface area contributed by atoms with Gasteiger partial charge in [0.1, 0.15) is 0 Å². The molecule has 1 rings (SSSR count). The molecule has 31 heavy (non-hydrogen) atoms. The molecule has 4 nitrogen and oxygen atoms in total. The normalized spacial score (nSPS) is 11.3. The van der Waals surface area contributed by atoms with E-state index in [0.717, 1.165) is 19.6 Å². The Labute approximate surface area is 192 Å². The first-order chi connectivity index (χ1) is 15.2. The summed E-state index contributed by atoms with van der Waals surface area (Å²) in [6.07, 6.45) is 21.6. The molecule has 0 N–H and O–H groups in total. The molecule has 0 aliphatic carbocycles. The Kier molecular flexibility index (Phi) is 17.2. The van der Waals surface area contributed by atoms with Gasteiger partial charge in [-0.05, 0) is 31.5 Å². The van der Waals surface area contributed by atoms with Crippen LogP contribution in [0.1, 0.15) is 122 Å². The molecule has 0 radical (unpaired) electrons. The van der Waals surface area contributed by atoms with Crippen molar-refractivity contribution in [2.45, 2.75) is 123 Å². The van der Waals surface area contributed by atoms with Crippen LogP contribution in [0.2, 0.25) is 0 Å². The van der Waals surface area contributed by atoms with E-state index < -0.39 is 0 Å². The summed E-state index contributed by atoms with van der Waals surface area (Å²) in [5.41, 5.74) is 1.37. The lowest BCUT2D eigenvalue weighted by Gasteiger charge is -2.22. The van der Waals surface area contributed by atoms with Crippen LogP contribution in [-0.2, 0) is 6.54 Å². The van der Waals surface area contributed by atoms with Crippen LogP contribution in [0.15, 0.2) is 24.3 Å². The number of hydrogen-bond donors (Lipinski definition) is 0. The minimum atomic E-state index is -0.317. The average Bonchev–Trinajstić information content (AvgIpc) is 2.77. The van der Waals surface area contributed by atoms with Crippen LogP contribution < -0.4 is 0 Å². The summed E-state index contributed by atoms with van der Waals surface area (Å²) in [5, 5.41) is 10.9. The van der Waals surface area contributed by atoms with Crippen LogP contribution in [0.5, 0.6) is 0 Å². The third kappa shape index (κ3) is 15.1. The minimum absolute atomic E-state index is 0.182. The molecule has 0 saturated heterocycles. The molecule has 1 aromatic rings. The van der Waals surface area contributed by atoms with Gasteiger partial charge in [-0.2, -0.15) is 0 Å². The van der Waals surface area contributed by atoms with Gasteiger partial charge >= 0.3 is 0 Å². The Hall–Kier alpha value is -1.42. The van der Waals surface area contributed by atoms with Gasteiger partial charge in [-0.3, -0.25) is 15.0 Å². The lowest BCUT2D eigenvalue weighted by molar-refractivity contribution is -0.384. The highest BCUT2D eigenvalue weighted by atomic mass is 16.6. The fourth-order valence-electron chi connectivity index (χ4n) is 4.19. The molecule has 0 heterocycles. The van der Waals surface area contributed by atoms with E-state index >= 15 is 0 Å². The summed E-state index contributed by atoms with van der Waals surface area (Å²) < 4.78 is 0. The lowest BCUT2D eigenvalue weighted by atomic mass is 10.1. The van der Waals surface area contributed by atoms with Gasteiger partial charge in [-0.1, -0.05) is 116 Å². The van der Waals surface area contributed by atoms with E-state index in [0.29, 0.717) is 0 Å². The Morgan fingerprint density at radius 2 is 1.03 bits per heavy atom. The zero-order valence-electron chi connectivity index (χ0n) is 20.5. The van der Waals surface area contributed by atoms with Gasteiger partial charge in [0.05, 0.1) is 4.92 Å². The molecule has 0 atom stereocenters. The predicted octanol–water partition coefficient (Wildman–Crippen LogP) is 8.68. The molecule has 4 heteroatoms. The second kappa shape index (κ2) is 19.3. The highest BCUT2D eigenvalue weighted by Crippen LogP contribution is 2.16.